The van der Waals surface area contributed by atoms with Crippen molar-refractivity contribution in [2.24, 2.45) is 5.73 Å². The standard InChI is InChI=1S/C19H23N3O/c1-13-8-9-14(2)18(10-13)23-12-19-21-16-6-4-5-7-17(16)22(19)15(3)11-20/h4-10,15H,11-12,20H2,1-3H3. The fourth-order valence-electron chi connectivity index (χ4n) is 2.80. The average molecular weight is 309 g/mol. The summed E-state index contributed by atoms with van der Waals surface area (Å²) in [4.78, 5) is 4.73. The molecule has 2 N–H and O–H groups in total. The van der Waals surface area contributed by atoms with Gasteiger partial charge in [0, 0.05) is 12.6 Å². The van der Waals surface area contributed by atoms with Gasteiger partial charge in [-0.2, -0.15) is 0 Å². The molecule has 0 aliphatic carbocycles. The van der Waals surface area contributed by atoms with Gasteiger partial charge in [-0.15, -0.1) is 0 Å². The summed E-state index contributed by atoms with van der Waals surface area (Å²) in [6, 6.07) is 14.5. The van der Waals surface area contributed by atoms with Crippen molar-refractivity contribution in [1.29, 1.82) is 0 Å². The second-order valence-electron chi connectivity index (χ2n) is 6.03. The van der Waals surface area contributed by atoms with Crippen LogP contribution in [0.4, 0.5) is 0 Å². The third kappa shape index (κ3) is 3.08. The van der Waals surface area contributed by atoms with E-state index in [1.54, 1.807) is 0 Å². The van der Waals surface area contributed by atoms with E-state index in [0.717, 1.165) is 28.2 Å². The highest BCUT2D eigenvalue weighted by atomic mass is 16.5. The quantitative estimate of drug-likeness (QED) is 0.781. The smallest absolute Gasteiger partial charge is 0.148 e. The van der Waals surface area contributed by atoms with E-state index in [1.807, 2.05) is 18.2 Å². The van der Waals surface area contributed by atoms with Gasteiger partial charge in [0.05, 0.1) is 11.0 Å². The molecule has 0 spiro atoms. The molecule has 23 heavy (non-hydrogen) atoms. The number of benzene rings is 2. The van der Waals surface area contributed by atoms with Crippen molar-refractivity contribution in [3.8, 4) is 5.75 Å². The van der Waals surface area contributed by atoms with Gasteiger partial charge < -0.3 is 15.0 Å². The fourth-order valence-corrected chi connectivity index (χ4v) is 2.80. The second kappa shape index (κ2) is 6.42. The number of nitrogens with zero attached hydrogens (tertiary/aromatic N) is 2. The highest BCUT2D eigenvalue weighted by molar-refractivity contribution is 5.76. The number of hydrogen-bond acceptors (Lipinski definition) is 3. The van der Waals surface area contributed by atoms with Gasteiger partial charge in [-0.3, -0.25) is 0 Å². The van der Waals surface area contributed by atoms with Crippen LogP contribution in [0.5, 0.6) is 5.75 Å². The molecule has 0 aliphatic heterocycles. The summed E-state index contributed by atoms with van der Waals surface area (Å²) in [7, 11) is 0. The molecule has 1 aromatic heterocycles. The SMILES string of the molecule is Cc1ccc(C)c(OCc2nc3ccccc3n2C(C)CN)c1. The molecule has 0 saturated carbocycles. The van der Waals surface area contributed by atoms with Gasteiger partial charge in [0.25, 0.3) is 0 Å². The predicted molar refractivity (Wildman–Crippen MR) is 93.7 cm³/mol. The maximum atomic E-state index is 6.04. The lowest BCUT2D eigenvalue weighted by molar-refractivity contribution is 0.284. The first-order chi connectivity index (χ1) is 11.1. The molecule has 4 heteroatoms. The zero-order valence-corrected chi connectivity index (χ0v) is 13.9. The summed E-state index contributed by atoms with van der Waals surface area (Å²) < 4.78 is 8.23. The van der Waals surface area contributed by atoms with E-state index in [1.165, 1.54) is 5.56 Å². The van der Waals surface area contributed by atoms with Crippen LogP contribution in [0.2, 0.25) is 0 Å². The van der Waals surface area contributed by atoms with Crippen LogP contribution in [-0.2, 0) is 6.61 Å². The predicted octanol–water partition coefficient (Wildman–Crippen LogP) is 3.75. The summed E-state index contributed by atoms with van der Waals surface area (Å²) in [6.07, 6.45) is 0. The fraction of sp³-hybridized carbons (Fsp3) is 0.316. The van der Waals surface area contributed by atoms with Gasteiger partial charge in [-0.25, -0.2) is 4.98 Å². The minimum absolute atomic E-state index is 0.180. The lowest BCUT2D eigenvalue weighted by Gasteiger charge is -2.16. The van der Waals surface area contributed by atoms with Crippen LogP contribution >= 0.6 is 0 Å². The third-order valence-electron chi connectivity index (χ3n) is 4.15. The summed E-state index contributed by atoms with van der Waals surface area (Å²) in [5, 5.41) is 0. The Balaban J connectivity index is 1.94. The number of aromatic nitrogens is 2. The van der Waals surface area contributed by atoms with Crippen molar-refractivity contribution in [2.75, 3.05) is 6.54 Å². The Hall–Kier alpha value is -2.33. The van der Waals surface area contributed by atoms with Crippen molar-refractivity contribution in [1.82, 2.24) is 9.55 Å². The van der Waals surface area contributed by atoms with Crippen LogP contribution in [0.3, 0.4) is 0 Å². The van der Waals surface area contributed by atoms with Gasteiger partial charge >= 0.3 is 0 Å². The molecule has 0 radical (unpaired) electrons. The topological polar surface area (TPSA) is 53.1 Å². The van der Waals surface area contributed by atoms with E-state index in [-0.39, 0.29) is 6.04 Å². The van der Waals surface area contributed by atoms with E-state index in [0.29, 0.717) is 13.2 Å². The van der Waals surface area contributed by atoms with Crippen molar-refractivity contribution in [2.45, 2.75) is 33.4 Å². The third-order valence-corrected chi connectivity index (χ3v) is 4.15. The van der Waals surface area contributed by atoms with E-state index >= 15 is 0 Å². The molecule has 1 heterocycles. The first-order valence-electron chi connectivity index (χ1n) is 7.96. The molecule has 4 nitrogen and oxygen atoms in total. The first kappa shape index (κ1) is 15.6. The average Bonchev–Trinajstić information content (AvgIpc) is 2.93. The van der Waals surface area contributed by atoms with Crippen molar-refractivity contribution in [3.05, 3.63) is 59.4 Å². The lowest BCUT2D eigenvalue weighted by Crippen LogP contribution is -2.19. The van der Waals surface area contributed by atoms with E-state index in [4.69, 9.17) is 15.5 Å². The highest BCUT2D eigenvalue weighted by Gasteiger charge is 2.15. The molecule has 0 fully saturated rings. The lowest BCUT2D eigenvalue weighted by atomic mass is 10.1. The Morgan fingerprint density at radius 3 is 2.74 bits per heavy atom. The molecule has 1 atom stereocenters. The van der Waals surface area contributed by atoms with Crippen LogP contribution in [0, 0.1) is 13.8 Å². The molecule has 0 amide bonds. The monoisotopic (exact) mass is 309 g/mol. The summed E-state index contributed by atoms with van der Waals surface area (Å²) in [5.74, 6) is 1.81. The number of hydrogen-bond donors (Lipinski definition) is 1. The molecular weight excluding hydrogens is 286 g/mol. The molecule has 3 aromatic rings. The Morgan fingerprint density at radius 2 is 1.96 bits per heavy atom. The van der Waals surface area contributed by atoms with Gasteiger partial charge in [-0.1, -0.05) is 24.3 Å². The number of nitrogens with two attached hydrogens (primary N) is 1. The molecular formula is C19H23N3O. The van der Waals surface area contributed by atoms with Crippen molar-refractivity contribution in [3.63, 3.8) is 0 Å². The number of fused-ring (bicyclic) bond motifs is 1. The van der Waals surface area contributed by atoms with Gasteiger partial charge in [0.1, 0.15) is 18.2 Å². The molecule has 3 rings (SSSR count). The van der Waals surface area contributed by atoms with Crippen LogP contribution in [0.25, 0.3) is 11.0 Å². The summed E-state index contributed by atoms with van der Waals surface area (Å²) in [6.45, 7) is 7.23. The number of ether oxygens (including phenoxy) is 1. The van der Waals surface area contributed by atoms with Crippen LogP contribution in [0.1, 0.15) is 29.9 Å². The Labute approximate surface area is 136 Å². The molecule has 2 aromatic carbocycles. The van der Waals surface area contributed by atoms with Gasteiger partial charge in [0.15, 0.2) is 0 Å². The Morgan fingerprint density at radius 1 is 1.17 bits per heavy atom. The molecule has 0 bridgehead atoms. The summed E-state index contributed by atoms with van der Waals surface area (Å²) >= 11 is 0. The number of rotatable bonds is 5. The zero-order valence-electron chi connectivity index (χ0n) is 13.9. The highest BCUT2D eigenvalue weighted by Crippen LogP contribution is 2.24. The largest absolute Gasteiger partial charge is 0.485 e. The van der Waals surface area contributed by atoms with Crippen LogP contribution in [0.15, 0.2) is 42.5 Å². The van der Waals surface area contributed by atoms with E-state index < -0.39 is 0 Å². The van der Waals surface area contributed by atoms with Gasteiger partial charge in [0.2, 0.25) is 0 Å². The zero-order chi connectivity index (χ0) is 16.4. The maximum absolute atomic E-state index is 6.04. The number of imidazole rings is 1. The number of para-hydroxylation sites is 2. The van der Waals surface area contributed by atoms with E-state index in [2.05, 4.69) is 49.6 Å². The Kier molecular flexibility index (Phi) is 4.35. The second-order valence-corrected chi connectivity index (χ2v) is 6.03. The van der Waals surface area contributed by atoms with Gasteiger partial charge in [-0.05, 0) is 50.1 Å². The molecule has 120 valence electrons. The molecule has 0 saturated heterocycles. The minimum Gasteiger partial charge on any atom is -0.485 e. The Bertz CT molecular complexity index is 823. The van der Waals surface area contributed by atoms with Crippen LogP contribution in [-0.4, -0.2) is 16.1 Å². The van der Waals surface area contributed by atoms with E-state index in [9.17, 15) is 0 Å². The van der Waals surface area contributed by atoms with Crippen LogP contribution < -0.4 is 10.5 Å². The number of aryl methyl sites for hydroxylation is 2. The van der Waals surface area contributed by atoms with Crippen molar-refractivity contribution < 1.29 is 4.74 Å². The molecule has 0 aliphatic rings. The normalized spacial score (nSPS) is 12.5. The molecule has 1 unspecified atom stereocenters. The summed E-state index contributed by atoms with van der Waals surface area (Å²) in [5.41, 5.74) is 10.3. The first-order valence-corrected chi connectivity index (χ1v) is 7.96. The minimum atomic E-state index is 0.180. The maximum Gasteiger partial charge on any atom is 0.148 e. The van der Waals surface area contributed by atoms with Crippen molar-refractivity contribution >= 4 is 11.0 Å².